The van der Waals surface area contributed by atoms with Crippen LogP contribution in [0, 0.1) is 6.92 Å². The Morgan fingerprint density at radius 2 is 2.27 bits per heavy atom. The summed E-state index contributed by atoms with van der Waals surface area (Å²) in [4.78, 5) is 0. The Kier molecular flexibility index (Phi) is 3.49. The van der Waals surface area contributed by atoms with Crippen LogP contribution in [0.3, 0.4) is 0 Å². The van der Waals surface area contributed by atoms with E-state index in [4.69, 9.17) is 8.97 Å². The quantitative estimate of drug-likeness (QED) is 0.633. The van der Waals surface area contributed by atoms with E-state index in [0.29, 0.717) is 16.9 Å². The lowest BCUT2D eigenvalue weighted by Gasteiger charge is -1.96. The van der Waals surface area contributed by atoms with Gasteiger partial charge < -0.3 is 4.42 Å². The molecule has 0 aliphatic heterocycles. The Bertz CT molecular complexity index is 480. The summed E-state index contributed by atoms with van der Waals surface area (Å²) in [7, 11) is -4.03. The molecule has 1 aromatic heterocycles. The van der Waals surface area contributed by atoms with E-state index < -0.39 is 15.9 Å². The molecule has 1 rings (SSSR count). The van der Waals surface area contributed by atoms with E-state index in [1.165, 1.54) is 6.26 Å². The first-order chi connectivity index (χ1) is 6.94. The molecule has 0 fully saturated rings. The van der Waals surface area contributed by atoms with Gasteiger partial charge in [-0.05, 0) is 6.92 Å². The standard InChI is InChI=1S/C10H12O4S/c1-3-4-5-10-8(2)14-6-9(10)7-15(11,12)13/h3-6H,1,7H2,2H3,(H,11,12,13)/b5-4-. The van der Waals surface area contributed by atoms with Gasteiger partial charge >= 0.3 is 0 Å². The first-order valence-electron chi connectivity index (χ1n) is 4.25. The third-order valence-electron chi connectivity index (χ3n) is 1.84. The molecule has 0 aliphatic rings. The van der Waals surface area contributed by atoms with Gasteiger partial charge in [-0.1, -0.05) is 24.8 Å². The summed E-state index contributed by atoms with van der Waals surface area (Å²) in [6.45, 7) is 5.23. The van der Waals surface area contributed by atoms with Crippen LogP contribution in [-0.4, -0.2) is 13.0 Å². The van der Waals surface area contributed by atoms with E-state index in [9.17, 15) is 8.42 Å². The molecule has 15 heavy (non-hydrogen) atoms. The first kappa shape index (κ1) is 11.7. The number of aryl methyl sites for hydroxylation is 1. The number of hydrogen-bond acceptors (Lipinski definition) is 3. The SMILES string of the molecule is C=C/C=C\c1c(CS(=O)(=O)O)coc1C. The van der Waals surface area contributed by atoms with Crippen LogP contribution in [0.5, 0.6) is 0 Å². The normalized spacial score (nSPS) is 12.1. The average molecular weight is 228 g/mol. The molecule has 1 N–H and O–H groups in total. The highest BCUT2D eigenvalue weighted by Crippen LogP contribution is 2.20. The zero-order valence-electron chi connectivity index (χ0n) is 8.30. The van der Waals surface area contributed by atoms with Gasteiger partial charge in [0.2, 0.25) is 0 Å². The number of rotatable bonds is 4. The minimum absolute atomic E-state index is 0.438. The summed E-state index contributed by atoms with van der Waals surface area (Å²) >= 11 is 0. The van der Waals surface area contributed by atoms with E-state index in [1.807, 2.05) is 0 Å². The van der Waals surface area contributed by atoms with Crippen LogP contribution in [0.2, 0.25) is 0 Å². The second-order valence-electron chi connectivity index (χ2n) is 3.05. The largest absolute Gasteiger partial charge is 0.469 e. The minimum atomic E-state index is -4.03. The van der Waals surface area contributed by atoms with E-state index in [-0.39, 0.29) is 0 Å². The number of allylic oxidation sites excluding steroid dienone is 2. The van der Waals surface area contributed by atoms with Gasteiger partial charge in [-0.2, -0.15) is 8.42 Å². The lowest BCUT2D eigenvalue weighted by Crippen LogP contribution is -2.01. The van der Waals surface area contributed by atoms with E-state index >= 15 is 0 Å². The zero-order valence-corrected chi connectivity index (χ0v) is 9.12. The van der Waals surface area contributed by atoms with Gasteiger partial charge in [0, 0.05) is 11.1 Å². The Morgan fingerprint density at radius 3 is 2.80 bits per heavy atom. The second-order valence-corrected chi connectivity index (χ2v) is 4.50. The van der Waals surface area contributed by atoms with Crippen molar-refractivity contribution in [2.45, 2.75) is 12.7 Å². The summed E-state index contributed by atoms with van der Waals surface area (Å²) < 4.78 is 35.2. The molecule has 0 unspecified atom stereocenters. The summed E-state index contributed by atoms with van der Waals surface area (Å²) in [5.74, 6) is 0.160. The molecule has 1 heterocycles. The van der Waals surface area contributed by atoms with Crippen molar-refractivity contribution in [3.63, 3.8) is 0 Å². The summed E-state index contributed by atoms with van der Waals surface area (Å²) in [5, 5.41) is 0. The fraction of sp³-hybridized carbons (Fsp3) is 0.200. The Morgan fingerprint density at radius 1 is 1.60 bits per heavy atom. The maximum atomic E-state index is 10.7. The van der Waals surface area contributed by atoms with Crippen LogP contribution >= 0.6 is 0 Å². The molecule has 0 spiro atoms. The molecule has 0 aliphatic carbocycles. The van der Waals surface area contributed by atoms with Gasteiger partial charge in [0.15, 0.2) is 0 Å². The van der Waals surface area contributed by atoms with Crippen molar-refractivity contribution in [2.24, 2.45) is 0 Å². The molecule has 4 nitrogen and oxygen atoms in total. The highest BCUT2D eigenvalue weighted by Gasteiger charge is 2.14. The van der Waals surface area contributed by atoms with Crippen LogP contribution < -0.4 is 0 Å². The molecule has 0 aromatic carbocycles. The summed E-state index contributed by atoms with van der Waals surface area (Å²) in [6, 6.07) is 0. The predicted molar refractivity (Wildman–Crippen MR) is 57.9 cm³/mol. The maximum Gasteiger partial charge on any atom is 0.269 e. The number of hydrogen-bond donors (Lipinski definition) is 1. The lowest BCUT2D eigenvalue weighted by molar-refractivity contribution is 0.481. The zero-order chi connectivity index (χ0) is 11.5. The lowest BCUT2D eigenvalue weighted by atomic mass is 10.1. The Balaban J connectivity index is 3.09. The van der Waals surface area contributed by atoms with E-state index in [2.05, 4.69) is 6.58 Å². The number of furan rings is 1. The molecule has 0 saturated heterocycles. The molecule has 0 amide bonds. The molecule has 0 atom stereocenters. The molecule has 1 aromatic rings. The highest BCUT2D eigenvalue weighted by molar-refractivity contribution is 7.85. The van der Waals surface area contributed by atoms with Crippen molar-refractivity contribution in [1.82, 2.24) is 0 Å². The molecule has 0 radical (unpaired) electrons. The summed E-state index contributed by atoms with van der Waals surface area (Å²) in [5.41, 5.74) is 1.10. The van der Waals surface area contributed by atoms with Crippen molar-refractivity contribution < 1.29 is 17.4 Å². The Labute approximate surface area is 88.7 Å². The topological polar surface area (TPSA) is 67.5 Å². The van der Waals surface area contributed by atoms with Crippen molar-refractivity contribution >= 4 is 16.2 Å². The van der Waals surface area contributed by atoms with Gasteiger partial charge in [-0.25, -0.2) is 0 Å². The van der Waals surface area contributed by atoms with Crippen molar-refractivity contribution in [3.05, 3.63) is 41.9 Å². The second kappa shape index (κ2) is 4.46. The van der Waals surface area contributed by atoms with E-state index in [1.54, 1.807) is 25.2 Å². The highest BCUT2D eigenvalue weighted by atomic mass is 32.2. The van der Waals surface area contributed by atoms with Gasteiger partial charge in [-0.3, -0.25) is 4.55 Å². The maximum absolute atomic E-state index is 10.7. The van der Waals surface area contributed by atoms with Crippen LogP contribution in [0.4, 0.5) is 0 Å². The van der Waals surface area contributed by atoms with E-state index in [0.717, 1.165) is 0 Å². The molecule has 0 bridgehead atoms. The third kappa shape index (κ3) is 3.38. The van der Waals surface area contributed by atoms with Gasteiger partial charge in [0.05, 0.1) is 6.26 Å². The third-order valence-corrected chi connectivity index (χ3v) is 2.52. The van der Waals surface area contributed by atoms with Crippen molar-refractivity contribution in [1.29, 1.82) is 0 Å². The average Bonchev–Trinajstić information content (AvgIpc) is 2.42. The van der Waals surface area contributed by atoms with Crippen LogP contribution in [0.15, 0.2) is 29.4 Å². The summed E-state index contributed by atoms with van der Waals surface area (Å²) in [6.07, 6.45) is 6.26. The fourth-order valence-electron chi connectivity index (χ4n) is 1.21. The molecular formula is C10H12O4S. The first-order valence-corrected chi connectivity index (χ1v) is 5.86. The monoisotopic (exact) mass is 228 g/mol. The van der Waals surface area contributed by atoms with Gasteiger partial charge in [0.1, 0.15) is 11.5 Å². The molecule has 0 saturated carbocycles. The smallest absolute Gasteiger partial charge is 0.269 e. The van der Waals surface area contributed by atoms with Gasteiger partial charge in [0.25, 0.3) is 10.1 Å². The minimum Gasteiger partial charge on any atom is -0.469 e. The Hall–Kier alpha value is -1.33. The predicted octanol–water partition coefficient (Wildman–Crippen LogP) is 2.18. The van der Waals surface area contributed by atoms with Crippen LogP contribution in [-0.2, 0) is 15.9 Å². The van der Waals surface area contributed by atoms with Crippen LogP contribution in [0.1, 0.15) is 16.9 Å². The van der Waals surface area contributed by atoms with Crippen LogP contribution in [0.25, 0.3) is 6.08 Å². The van der Waals surface area contributed by atoms with Crippen molar-refractivity contribution in [2.75, 3.05) is 0 Å². The fourth-order valence-corrected chi connectivity index (χ4v) is 1.83. The van der Waals surface area contributed by atoms with Gasteiger partial charge in [-0.15, -0.1) is 0 Å². The molecule has 82 valence electrons. The molecular weight excluding hydrogens is 216 g/mol. The molecule has 5 heteroatoms. The van der Waals surface area contributed by atoms with Crippen molar-refractivity contribution in [3.8, 4) is 0 Å².